The lowest BCUT2D eigenvalue weighted by molar-refractivity contribution is -0.143. The summed E-state index contributed by atoms with van der Waals surface area (Å²) in [6.07, 6.45) is 2.51. The molecule has 154 valence electrons. The maximum Gasteiger partial charge on any atom is 0.331 e. The number of amides is 3. The summed E-state index contributed by atoms with van der Waals surface area (Å²) >= 11 is 6.21. The number of hydrogen-bond donors (Lipinski definition) is 2. The molecule has 0 heterocycles. The average Bonchev–Trinajstić information content (AvgIpc) is 2.58. The SMILES string of the molecule is COc1cc(/C=C/C(=O)OCC(=O)NC(=O)NC(C)C)cc(Cl)c1OC(C)C. The van der Waals surface area contributed by atoms with Crippen molar-refractivity contribution >= 4 is 35.6 Å². The van der Waals surface area contributed by atoms with Crippen LogP contribution in [0, 0.1) is 0 Å². The summed E-state index contributed by atoms with van der Waals surface area (Å²) in [5.41, 5.74) is 0.579. The molecule has 9 heteroatoms. The molecule has 0 atom stereocenters. The Morgan fingerprint density at radius 2 is 1.86 bits per heavy atom. The van der Waals surface area contributed by atoms with Crippen LogP contribution >= 0.6 is 11.6 Å². The summed E-state index contributed by atoms with van der Waals surface area (Å²) in [6.45, 7) is 6.64. The monoisotopic (exact) mass is 412 g/mol. The number of hydrogen-bond acceptors (Lipinski definition) is 6. The molecule has 0 radical (unpaired) electrons. The lowest BCUT2D eigenvalue weighted by Gasteiger charge is -2.15. The van der Waals surface area contributed by atoms with Crippen molar-refractivity contribution in [3.8, 4) is 11.5 Å². The van der Waals surface area contributed by atoms with Gasteiger partial charge in [-0.1, -0.05) is 11.6 Å². The molecule has 0 spiro atoms. The van der Waals surface area contributed by atoms with Crippen LogP contribution in [0.3, 0.4) is 0 Å². The standard InChI is InChI=1S/C19H25ClN2O6/c1-11(2)21-19(25)22-16(23)10-27-17(24)7-6-13-8-14(20)18(28-12(3)4)15(9-13)26-5/h6-9,11-12H,10H2,1-5H3,(H2,21,22,23,25)/b7-6+. The van der Waals surface area contributed by atoms with Crippen molar-refractivity contribution in [2.45, 2.75) is 39.8 Å². The highest BCUT2D eigenvalue weighted by Crippen LogP contribution is 2.37. The topological polar surface area (TPSA) is 103 Å². The Bertz CT molecular complexity index is 746. The Kier molecular flexibility index (Phi) is 9.31. The first-order chi connectivity index (χ1) is 13.1. The smallest absolute Gasteiger partial charge is 0.331 e. The van der Waals surface area contributed by atoms with E-state index in [1.807, 2.05) is 19.2 Å². The minimum atomic E-state index is -0.753. The molecule has 8 nitrogen and oxygen atoms in total. The van der Waals surface area contributed by atoms with E-state index in [1.54, 1.807) is 26.0 Å². The van der Waals surface area contributed by atoms with E-state index in [4.69, 9.17) is 25.8 Å². The Morgan fingerprint density at radius 1 is 1.18 bits per heavy atom. The van der Waals surface area contributed by atoms with Crippen LogP contribution in [0.2, 0.25) is 5.02 Å². The molecule has 1 aromatic rings. The molecule has 0 fully saturated rings. The van der Waals surface area contributed by atoms with Gasteiger partial charge in [-0.15, -0.1) is 0 Å². The van der Waals surface area contributed by atoms with E-state index in [0.717, 1.165) is 6.08 Å². The van der Waals surface area contributed by atoms with E-state index >= 15 is 0 Å². The second kappa shape index (κ2) is 11.2. The maximum absolute atomic E-state index is 11.8. The van der Waals surface area contributed by atoms with Crippen molar-refractivity contribution in [3.63, 3.8) is 0 Å². The molecular formula is C19H25ClN2O6. The Hall–Kier alpha value is -2.74. The van der Waals surface area contributed by atoms with E-state index in [1.165, 1.54) is 13.2 Å². The molecular weight excluding hydrogens is 388 g/mol. The quantitative estimate of drug-likeness (QED) is 0.502. The van der Waals surface area contributed by atoms with Gasteiger partial charge in [0.1, 0.15) is 0 Å². The van der Waals surface area contributed by atoms with Crippen molar-refractivity contribution in [3.05, 3.63) is 28.8 Å². The second-order valence-corrected chi connectivity index (χ2v) is 6.73. The summed E-state index contributed by atoms with van der Waals surface area (Å²) in [4.78, 5) is 34.7. The second-order valence-electron chi connectivity index (χ2n) is 6.32. The Labute approximate surface area is 169 Å². The van der Waals surface area contributed by atoms with Crippen LogP contribution in [0.5, 0.6) is 11.5 Å². The van der Waals surface area contributed by atoms with Gasteiger partial charge in [0.15, 0.2) is 18.1 Å². The lowest BCUT2D eigenvalue weighted by Crippen LogP contribution is -2.43. The van der Waals surface area contributed by atoms with Gasteiger partial charge >= 0.3 is 12.0 Å². The van der Waals surface area contributed by atoms with Crippen molar-refractivity contribution in [1.82, 2.24) is 10.6 Å². The van der Waals surface area contributed by atoms with Crippen LogP contribution in [0.15, 0.2) is 18.2 Å². The van der Waals surface area contributed by atoms with Crippen LogP contribution in [-0.4, -0.2) is 43.8 Å². The zero-order valence-electron chi connectivity index (χ0n) is 16.5. The molecule has 0 aliphatic heterocycles. The molecule has 2 N–H and O–H groups in total. The molecule has 0 saturated heterocycles. The van der Waals surface area contributed by atoms with Crippen LogP contribution in [0.25, 0.3) is 6.08 Å². The molecule has 3 amide bonds. The molecule has 0 aliphatic rings. The number of ether oxygens (including phenoxy) is 3. The molecule has 0 aromatic heterocycles. The predicted molar refractivity (Wildman–Crippen MR) is 106 cm³/mol. The van der Waals surface area contributed by atoms with Gasteiger partial charge < -0.3 is 19.5 Å². The molecule has 0 aliphatic carbocycles. The van der Waals surface area contributed by atoms with Gasteiger partial charge in [-0.05, 0) is 51.5 Å². The van der Waals surface area contributed by atoms with Crippen LogP contribution in [-0.2, 0) is 14.3 Å². The van der Waals surface area contributed by atoms with E-state index in [-0.39, 0.29) is 12.1 Å². The molecule has 1 aromatic carbocycles. The zero-order valence-corrected chi connectivity index (χ0v) is 17.3. The first-order valence-corrected chi connectivity index (χ1v) is 8.99. The number of benzene rings is 1. The number of nitrogens with one attached hydrogen (secondary N) is 2. The van der Waals surface area contributed by atoms with Crippen molar-refractivity contribution in [1.29, 1.82) is 0 Å². The van der Waals surface area contributed by atoms with Crippen molar-refractivity contribution < 1.29 is 28.6 Å². The van der Waals surface area contributed by atoms with Gasteiger partial charge in [0.25, 0.3) is 5.91 Å². The Balaban J connectivity index is 2.66. The highest BCUT2D eigenvalue weighted by Gasteiger charge is 2.13. The number of methoxy groups -OCH3 is 1. The first-order valence-electron chi connectivity index (χ1n) is 8.61. The van der Waals surface area contributed by atoms with E-state index in [9.17, 15) is 14.4 Å². The third-order valence-electron chi connectivity index (χ3n) is 3.04. The zero-order chi connectivity index (χ0) is 21.3. The van der Waals surface area contributed by atoms with Gasteiger partial charge in [-0.25, -0.2) is 9.59 Å². The molecule has 1 rings (SSSR count). The predicted octanol–water partition coefficient (Wildman–Crippen LogP) is 2.93. The fourth-order valence-corrected chi connectivity index (χ4v) is 2.26. The lowest BCUT2D eigenvalue weighted by atomic mass is 10.2. The van der Waals surface area contributed by atoms with Gasteiger partial charge in [-0.2, -0.15) is 0 Å². The van der Waals surface area contributed by atoms with Crippen LogP contribution in [0.1, 0.15) is 33.3 Å². The summed E-state index contributed by atoms with van der Waals surface area (Å²) in [6, 6.07) is 2.47. The van der Waals surface area contributed by atoms with Crippen molar-refractivity contribution in [2.75, 3.05) is 13.7 Å². The largest absolute Gasteiger partial charge is 0.493 e. The van der Waals surface area contributed by atoms with Crippen molar-refractivity contribution in [2.24, 2.45) is 0 Å². The highest BCUT2D eigenvalue weighted by molar-refractivity contribution is 6.32. The minimum absolute atomic E-state index is 0.0865. The number of urea groups is 1. The fraction of sp³-hybridized carbons (Fsp3) is 0.421. The van der Waals surface area contributed by atoms with Gasteiger partial charge in [0, 0.05) is 12.1 Å². The third kappa shape index (κ3) is 8.30. The molecule has 28 heavy (non-hydrogen) atoms. The maximum atomic E-state index is 11.8. The summed E-state index contributed by atoms with van der Waals surface area (Å²) in [5, 5.41) is 4.86. The fourth-order valence-electron chi connectivity index (χ4n) is 2.00. The number of halogens is 1. The normalized spacial score (nSPS) is 10.9. The number of carbonyl (C=O) groups is 3. The minimum Gasteiger partial charge on any atom is -0.493 e. The Morgan fingerprint density at radius 3 is 2.43 bits per heavy atom. The number of carbonyl (C=O) groups excluding carboxylic acids is 3. The van der Waals surface area contributed by atoms with Gasteiger partial charge in [0.2, 0.25) is 0 Å². The van der Waals surface area contributed by atoms with E-state index in [2.05, 4.69) is 5.32 Å². The van der Waals surface area contributed by atoms with Gasteiger partial charge in [0.05, 0.1) is 18.2 Å². The molecule has 0 unspecified atom stereocenters. The number of rotatable bonds is 8. The van der Waals surface area contributed by atoms with E-state index < -0.39 is 24.5 Å². The molecule has 0 bridgehead atoms. The summed E-state index contributed by atoms with van der Waals surface area (Å²) < 4.78 is 15.7. The van der Waals surface area contributed by atoms with Crippen LogP contribution < -0.4 is 20.1 Å². The number of esters is 1. The summed E-state index contributed by atoms with van der Waals surface area (Å²) in [5.74, 6) is -0.656. The summed E-state index contributed by atoms with van der Waals surface area (Å²) in [7, 11) is 1.48. The first kappa shape index (κ1) is 23.3. The van der Waals surface area contributed by atoms with Crippen LogP contribution in [0.4, 0.5) is 4.79 Å². The third-order valence-corrected chi connectivity index (χ3v) is 3.32. The molecule has 0 saturated carbocycles. The number of imide groups is 1. The highest BCUT2D eigenvalue weighted by atomic mass is 35.5. The van der Waals surface area contributed by atoms with Gasteiger partial charge in [-0.3, -0.25) is 10.1 Å². The van der Waals surface area contributed by atoms with E-state index in [0.29, 0.717) is 22.1 Å². The average molecular weight is 413 g/mol.